The molecule has 0 saturated carbocycles. The van der Waals surface area contributed by atoms with Gasteiger partial charge in [0.1, 0.15) is 11.6 Å². The van der Waals surface area contributed by atoms with Gasteiger partial charge >= 0.3 is 0 Å². The van der Waals surface area contributed by atoms with Crippen molar-refractivity contribution in [3.63, 3.8) is 0 Å². The minimum atomic E-state index is -0.521. The van der Waals surface area contributed by atoms with Gasteiger partial charge in [-0.3, -0.25) is 0 Å². The summed E-state index contributed by atoms with van der Waals surface area (Å²) in [6.07, 6.45) is 0.990. The van der Waals surface area contributed by atoms with E-state index in [2.05, 4.69) is 33.0 Å². The predicted molar refractivity (Wildman–Crippen MR) is 66.8 cm³/mol. The molecule has 96 valence electrons. The van der Waals surface area contributed by atoms with Crippen LogP contribution in [-0.2, 0) is 0 Å². The average molecular weight is 241 g/mol. The van der Waals surface area contributed by atoms with Crippen LogP contribution in [0.3, 0.4) is 0 Å². The third-order valence-corrected chi connectivity index (χ3v) is 2.68. The van der Waals surface area contributed by atoms with Crippen LogP contribution >= 0.6 is 0 Å². The van der Waals surface area contributed by atoms with Gasteiger partial charge in [-0.05, 0) is 36.1 Å². The van der Waals surface area contributed by atoms with E-state index in [-0.39, 0.29) is 11.5 Å². The number of rotatable bonds is 4. The fourth-order valence-electron chi connectivity index (χ4n) is 1.95. The second kappa shape index (κ2) is 5.58. The lowest BCUT2D eigenvalue weighted by Crippen LogP contribution is -2.33. The Morgan fingerprint density at radius 1 is 1.12 bits per heavy atom. The Labute approximate surface area is 102 Å². The highest BCUT2D eigenvalue weighted by Gasteiger charge is 2.26. The topological polar surface area (TPSA) is 12.0 Å². The zero-order valence-electron chi connectivity index (χ0n) is 11.0. The Morgan fingerprint density at radius 2 is 1.65 bits per heavy atom. The van der Waals surface area contributed by atoms with Gasteiger partial charge in [-0.1, -0.05) is 27.7 Å². The van der Waals surface area contributed by atoms with Crippen molar-refractivity contribution in [1.82, 2.24) is 5.32 Å². The van der Waals surface area contributed by atoms with Crippen molar-refractivity contribution >= 4 is 0 Å². The zero-order chi connectivity index (χ0) is 13.1. The summed E-state index contributed by atoms with van der Waals surface area (Å²) in [6.45, 7) is 9.08. The van der Waals surface area contributed by atoms with Crippen molar-refractivity contribution in [3.8, 4) is 0 Å². The SMILES string of the molecule is CCCNC(c1cc(F)cc(F)c1)C(C)(C)C. The Bertz CT molecular complexity index is 349. The average Bonchev–Trinajstić information content (AvgIpc) is 2.14. The molecule has 3 heteroatoms. The number of hydrogen-bond acceptors (Lipinski definition) is 1. The molecule has 17 heavy (non-hydrogen) atoms. The lowest BCUT2D eigenvalue weighted by Gasteiger charge is -2.32. The highest BCUT2D eigenvalue weighted by atomic mass is 19.1. The van der Waals surface area contributed by atoms with E-state index in [4.69, 9.17) is 0 Å². The molecule has 0 fully saturated rings. The largest absolute Gasteiger partial charge is 0.309 e. The Morgan fingerprint density at radius 3 is 2.06 bits per heavy atom. The van der Waals surface area contributed by atoms with Crippen molar-refractivity contribution in [2.45, 2.75) is 40.2 Å². The Balaban J connectivity index is 3.03. The zero-order valence-corrected chi connectivity index (χ0v) is 11.0. The van der Waals surface area contributed by atoms with Gasteiger partial charge in [0.05, 0.1) is 0 Å². The van der Waals surface area contributed by atoms with E-state index in [0.717, 1.165) is 19.0 Å². The summed E-state index contributed by atoms with van der Waals surface area (Å²) >= 11 is 0. The molecule has 0 aliphatic heterocycles. The van der Waals surface area contributed by atoms with Gasteiger partial charge in [0.2, 0.25) is 0 Å². The molecule has 0 spiro atoms. The first-order valence-corrected chi connectivity index (χ1v) is 6.04. The first-order valence-electron chi connectivity index (χ1n) is 6.04. The maximum atomic E-state index is 13.2. The standard InChI is InChI=1S/C14H21F2N/c1-5-6-17-13(14(2,3)4)10-7-11(15)9-12(16)8-10/h7-9,13,17H,5-6H2,1-4H3. The molecule has 0 amide bonds. The molecule has 0 aliphatic carbocycles. The molecule has 1 unspecified atom stereocenters. The minimum absolute atomic E-state index is 0.0485. The smallest absolute Gasteiger partial charge is 0.126 e. The molecule has 0 radical (unpaired) electrons. The van der Waals surface area contributed by atoms with E-state index in [1.807, 2.05) is 0 Å². The number of nitrogens with one attached hydrogen (secondary N) is 1. The second-order valence-electron chi connectivity index (χ2n) is 5.46. The number of hydrogen-bond donors (Lipinski definition) is 1. The van der Waals surface area contributed by atoms with Crippen LogP contribution in [-0.4, -0.2) is 6.54 Å². The van der Waals surface area contributed by atoms with E-state index < -0.39 is 11.6 Å². The van der Waals surface area contributed by atoms with Crippen molar-refractivity contribution in [2.75, 3.05) is 6.54 Å². The number of benzene rings is 1. The normalized spacial score (nSPS) is 13.8. The van der Waals surface area contributed by atoms with Crippen molar-refractivity contribution < 1.29 is 8.78 Å². The highest BCUT2D eigenvalue weighted by Crippen LogP contribution is 2.33. The molecule has 1 aromatic rings. The Hall–Kier alpha value is -0.960. The van der Waals surface area contributed by atoms with Crippen LogP contribution in [0.25, 0.3) is 0 Å². The first-order chi connectivity index (χ1) is 7.84. The van der Waals surface area contributed by atoms with Crippen LogP contribution < -0.4 is 5.32 Å². The monoisotopic (exact) mass is 241 g/mol. The van der Waals surface area contributed by atoms with E-state index in [1.165, 1.54) is 12.1 Å². The summed E-state index contributed by atoms with van der Waals surface area (Å²) in [4.78, 5) is 0. The van der Waals surface area contributed by atoms with Crippen molar-refractivity contribution in [2.24, 2.45) is 5.41 Å². The molecule has 1 nitrogen and oxygen atoms in total. The molecule has 0 aromatic heterocycles. The molecule has 0 heterocycles. The van der Waals surface area contributed by atoms with Crippen molar-refractivity contribution in [1.29, 1.82) is 0 Å². The maximum absolute atomic E-state index is 13.2. The maximum Gasteiger partial charge on any atom is 0.126 e. The predicted octanol–water partition coefficient (Wildman–Crippen LogP) is 4.05. The number of halogens is 2. The summed E-state index contributed by atoms with van der Waals surface area (Å²) in [5.41, 5.74) is 0.582. The fraction of sp³-hybridized carbons (Fsp3) is 0.571. The van der Waals surface area contributed by atoms with E-state index in [1.54, 1.807) is 0 Å². The quantitative estimate of drug-likeness (QED) is 0.838. The van der Waals surface area contributed by atoms with E-state index in [0.29, 0.717) is 5.56 Å². The van der Waals surface area contributed by atoms with Gasteiger partial charge in [-0.2, -0.15) is 0 Å². The highest BCUT2D eigenvalue weighted by molar-refractivity contribution is 5.23. The van der Waals surface area contributed by atoms with Gasteiger partial charge in [0, 0.05) is 12.1 Å². The van der Waals surface area contributed by atoms with Crippen LogP contribution in [0.15, 0.2) is 18.2 Å². The van der Waals surface area contributed by atoms with Gasteiger partial charge in [0.25, 0.3) is 0 Å². The van der Waals surface area contributed by atoms with Crippen LogP contribution in [0.4, 0.5) is 8.78 Å². The third-order valence-electron chi connectivity index (χ3n) is 2.68. The molecule has 0 saturated heterocycles. The summed E-state index contributed by atoms with van der Waals surface area (Å²) in [5.74, 6) is -1.04. The first kappa shape index (κ1) is 14.1. The molecule has 0 bridgehead atoms. The molecular weight excluding hydrogens is 220 g/mol. The molecule has 1 N–H and O–H groups in total. The molecule has 0 aliphatic rings. The van der Waals surface area contributed by atoms with Crippen LogP contribution in [0.5, 0.6) is 0 Å². The molecular formula is C14H21F2N. The van der Waals surface area contributed by atoms with Gasteiger partial charge < -0.3 is 5.32 Å². The minimum Gasteiger partial charge on any atom is -0.309 e. The van der Waals surface area contributed by atoms with Crippen molar-refractivity contribution in [3.05, 3.63) is 35.4 Å². The van der Waals surface area contributed by atoms with Crippen LogP contribution in [0.1, 0.15) is 45.7 Å². The van der Waals surface area contributed by atoms with Gasteiger partial charge in [0.15, 0.2) is 0 Å². The van der Waals surface area contributed by atoms with E-state index in [9.17, 15) is 8.78 Å². The fourth-order valence-corrected chi connectivity index (χ4v) is 1.95. The molecule has 1 atom stereocenters. The summed E-state index contributed by atoms with van der Waals surface area (Å²) in [7, 11) is 0. The van der Waals surface area contributed by atoms with Crippen LogP contribution in [0.2, 0.25) is 0 Å². The lowest BCUT2D eigenvalue weighted by molar-refractivity contribution is 0.272. The lowest BCUT2D eigenvalue weighted by atomic mass is 9.82. The van der Waals surface area contributed by atoms with Gasteiger partial charge in [-0.25, -0.2) is 8.78 Å². The summed E-state index contributed by atoms with van der Waals surface area (Å²) in [6, 6.07) is 3.67. The van der Waals surface area contributed by atoms with E-state index >= 15 is 0 Å². The molecule has 1 rings (SSSR count). The van der Waals surface area contributed by atoms with Crippen LogP contribution in [0, 0.1) is 17.0 Å². The summed E-state index contributed by atoms with van der Waals surface area (Å²) in [5, 5.41) is 3.35. The Kier molecular flexibility index (Phi) is 4.63. The second-order valence-corrected chi connectivity index (χ2v) is 5.46. The third kappa shape index (κ3) is 4.08. The summed E-state index contributed by atoms with van der Waals surface area (Å²) < 4.78 is 26.5. The molecule has 1 aromatic carbocycles. The van der Waals surface area contributed by atoms with Gasteiger partial charge in [-0.15, -0.1) is 0 Å².